The summed E-state index contributed by atoms with van der Waals surface area (Å²) < 4.78 is 0. The van der Waals surface area contributed by atoms with Crippen molar-refractivity contribution < 1.29 is 15.3 Å². The molecule has 1 aliphatic rings. The van der Waals surface area contributed by atoms with E-state index in [0.29, 0.717) is 28.7 Å². The molecule has 0 saturated carbocycles. The van der Waals surface area contributed by atoms with E-state index in [1.165, 1.54) is 6.07 Å². The molecule has 1 aromatic rings. The fourth-order valence-corrected chi connectivity index (χ4v) is 3.50. The maximum Gasteiger partial charge on any atom is 0.121 e. The van der Waals surface area contributed by atoms with Crippen LogP contribution in [-0.4, -0.2) is 46.1 Å². The summed E-state index contributed by atoms with van der Waals surface area (Å²) in [5.41, 5.74) is 6.36. The topological polar surface area (TPSA) is 90.0 Å². The van der Waals surface area contributed by atoms with Crippen LogP contribution in [0.5, 0.6) is 5.75 Å². The number of benzene rings is 1. The fourth-order valence-electron chi connectivity index (χ4n) is 3.17. The van der Waals surface area contributed by atoms with E-state index in [4.69, 9.17) is 28.9 Å². The number of aliphatic hydroxyl groups excluding tert-OH is 2. The standard InChI is InChI=1S/C17H26Cl2N2O3/c1-17(2,9-22)16(24)21-5-3-10(4-6-21)15(20)11-7-12(18)13(19)8-14(11)23/h7-8,10,15-16,22-24H,3-6,9,20H2,1-2H3/t15-,16?/m1/s1. The zero-order chi connectivity index (χ0) is 18.1. The van der Waals surface area contributed by atoms with E-state index < -0.39 is 11.6 Å². The number of nitrogens with two attached hydrogens (primary N) is 1. The first kappa shape index (κ1) is 19.8. The minimum absolute atomic E-state index is 0.0563. The SMILES string of the molecule is CC(C)(CO)C(O)N1CCC([C@@H](N)c2cc(Cl)c(Cl)cc2O)CC1. The monoisotopic (exact) mass is 376 g/mol. The largest absolute Gasteiger partial charge is 0.508 e. The van der Waals surface area contributed by atoms with E-state index in [0.717, 1.165) is 12.8 Å². The second-order valence-corrected chi connectivity index (χ2v) is 8.06. The van der Waals surface area contributed by atoms with Gasteiger partial charge in [-0.1, -0.05) is 37.0 Å². The third-order valence-electron chi connectivity index (χ3n) is 4.96. The molecule has 24 heavy (non-hydrogen) atoms. The maximum absolute atomic E-state index is 10.4. The molecule has 1 unspecified atom stereocenters. The quantitative estimate of drug-likeness (QED) is 0.634. The smallest absolute Gasteiger partial charge is 0.121 e. The van der Waals surface area contributed by atoms with Crippen molar-refractivity contribution >= 4 is 23.2 Å². The molecule has 1 aromatic carbocycles. The Balaban J connectivity index is 2.03. The van der Waals surface area contributed by atoms with E-state index >= 15 is 0 Å². The Morgan fingerprint density at radius 2 is 1.79 bits per heavy atom. The van der Waals surface area contributed by atoms with Gasteiger partial charge < -0.3 is 21.1 Å². The second kappa shape index (κ2) is 7.77. The van der Waals surface area contributed by atoms with Crippen LogP contribution in [0.1, 0.15) is 38.3 Å². The number of aliphatic hydroxyl groups is 2. The van der Waals surface area contributed by atoms with Crippen molar-refractivity contribution in [3.05, 3.63) is 27.7 Å². The lowest BCUT2D eigenvalue weighted by Gasteiger charge is -2.42. The highest BCUT2D eigenvalue weighted by atomic mass is 35.5. The maximum atomic E-state index is 10.4. The van der Waals surface area contributed by atoms with Gasteiger partial charge in [0.15, 0.2) is 0 Å². The molecule has 0 aliphatic carbocycles. The summed E-state index contributed by atoms with van der Waals surface area (Å²) in [4.78, 5) is 1.97. The first-order chi connectivity index (χ1) is 11.2. The summed E-state index contributed by atoms with van der Waals surface area (Å²) in [6.07, 6.45) is 0.886. The lowest BCUT2D eigenvalue weighted by Crippen LogP contribution is -2.50. The van der Waals surface area contributed by atoms with Gasteiger partial charge in [0.1, 0.15) is 12.0 Å². The van der Waals surface area contributed by atoms with Crippen LogP contribution < -0.4 is 5.73 Å². The van der Waals surface area contributed by atoms with Gasteiger partial charge in [-0.25, -0.2) is 0 Å². The van der Waals surface area contributed by atoms with Gasteiger partial charge in [0.25, 0.3) is 0 Å². The number of phenols is 1. The molecule has 0 bridgehead atoms. The van der Waals surface area contributed by atoms with E-state index in [9.17, 15) is 15.3 Å². The van der Waals surface area contributed by atoms with E-state index in [2.05, 4.69) is 0 Å². The van der Waals surface area contributed by atoms with Gasteiger partial charge >= 0.3 is 0 Å². The van der Waals surface area contributed by atoms with Gasteiger partial charge in [0.2, 0.25) is 0 Å². The molecule has 0 aromatic heterocycles. The first-order valence-corrected chi connectivity index (χ1v) is 8.89. The molecular formula is C17H26Cl2N2O3. The van der Waals surface area contributed by atoms with Crippen LogP contribution in [-0.2, 0) is 0 Å². The summed E-state index contributed by atoms with van der Waals surface area (Å²) in [6, 6.07) is 2.70. The number of likely N-dealkylation sites (tertiary alicyclic amines) is 1. The van der Waals surface area contributed by atoms with Crippen molar-refractivity contribution in [3.63, 3.8) is 0 Å². The van der Waals surface area contributed by atoms with Crippen LogP contribution >= 0.6 is 23.2 Å². The number of piperidine rings is 1. The Bertz CT molecular complexity index is 575. The second-order valence-electron chi connectivity index (χ2n) is 7.24. The molecule has 0 spiro atoms. The zero-order valence-electron chi connectivity index (χ0n) is 14.0. The summed E-state index contributed by atoms with van der Waals surface area (Å²) in [5.74, 6) is 0.231. The molecule has 2 rings (SSSR count). The third-order valence-corrected chi connectivity index (χ3v) is 5.69. The van der Waals surface area contributed by atoms with Gasteiger partial charge in [-0.15, -0.1) is 0 Å². The average Bonchev–Trinajstić information content (AvgIpc) is 2.57. The van der Waals surface area contributed by atoms with Crippen LogP contribution in [0, 0.1) is 11.3 Å². The lowest BCUT2D eigenvalue weighted by molar-refractivity contribution is -0.108. The molecule has 0 radical (unpaired) electrons. The van der Waals surface area contributed by atoms with E-state index in [1.54, 1.807) is 6.07 Å². The first-order valence-electron chi connectivity index (χ1n) is 8.14. The van der Waals surface area contributed by atoms with Crippen molar-refractivity contribution in [1.29, 1.82) is 0 Å². The minimum atomic E-state index is -0.696. The lowest BCUT2D eigenvalue weighted by atomic mass is 9.84. The molecule has 5 nitrogen and oxygen atoms in total. The van der Waals surface area contributed by atoms with Crippen molar-refractivity contribution in [2.24, 2.45) is 17.1 Å². The number of hydrogen-bond acceptors (Lipinski definition) is 5. The summed E-state index contributed by atoms with van der Waals surface area (Å²) in [7, 11) is 0. The van der Waals surface area contributed by atoms with Crippen molar-refractivity contribution in [3.8, 4) is 5.75 Å². The van der Waals surface area contributed by atoms with Gasteiger partial charge in [0, 0.05) is 36.2 Å². The molecule has 1 fully saturated rings. The van der Waals surface area contributed by atoms with Crippen molar-refractivity contribution in [2.45, 2.75) is 39.0 Å². The van der Waals surface area contributed by atoms with Gasteiger partial charge in [-0.3, -0.25) is 4.90 Å². The predicted octanol–water partition coefficient (Wildman–Crippen LogP) is 2.75. The molecule has 2 atom stereocenters. The highest BCUT2D eigenvalue weighted by molar-refractivity contribution is 6.42. The van der Waals surface area contributed by atoms with Crippen LogP contribution in [0.2, 0.25) is 10.0 Å². The number of hydrogen-bond donors (Lipinski definition) is 4. The molecule has 5 N–H and O–H groups in total. The molecule has 0 amide bonds. The third kappa shape index (κ3) is 4.15. The molecule has 1 saturated heterocycles. The fraction of sp³-hybridized carbons (Fsp3) is 0.647. The zero-order valence-corrected chi connectivity index (χ0v) is 15.6. The number of rotatable bonds is 5. The Hall–Kier alpha value is -0.560. The van der Waals surface area contributed by atoms with Crippen LogP contribution in [0.4, 0.5) is 0 Å². The van der Waals surface area contributed by atoms with Crippen molar-refractivity contribution in [2.75, 3.05) is 19.7 Å². The summed E-state index contributed by atoms with van der Waals surface area (Å²) >= 11 is 11.9. The average molecular weight is 377 g/mol. The van der Waals surface area contributed by atoms with Crippen LogP contribution in [0.3, 0.4) is 0 Å². The Morgan fingerprint density at radius 3 is 2.33 bits per heavy atom. The predicted molar refractivity (Wildman–Crippen MR) is 96.2 cm³/mol. The Labute approximate surface area is 153 Å². The molecular weight excluding hydrogens is 351 g/mol. The van der Waals surface area contributed by atoms with Crippen LogP contribution in [0.15, 0.2) is 12.1 Å². The van der Waals surface area contributed by atoms with E-state index in [-0.39, 0.29) is 24.3 Å². The molecule has 1 aliphatic heterocycles. The van der Waals surface area contributed by atoms with Crippen molar-refractivity contribution in [1.82, 2.24) is 4.90 Å². The Kier molecular flexibility index (Phi) is 6.40. The number of halogens is 2. The van der Waals surface area contributed by atoms with Crippen LogP contribution in [0.25, 0.3) is 0 Å². The van der Waals surface area contributed by atoms with Gasteiger partial charge in [0.05, 0.1) is 16.7 Å². The van der Waals surface area contributed by atoms with Gasteiger partial charge in [-0.05, 0) is 24.8 Å². The normalized spacial score (nSPS) is 20.1. The molecule has 7 heteroatoms. The summed E-state index contributed by atoms with van der Waals surface area (Å²) in [5, 5.41) is 30.6. The number of nitrogens with zero attached hydrogens (tertiary/aromatic N) is 1. The number of aromatic hydroxyl groups is 1. The summed E-state index contributed by atoms with van der Waals surface area (Å²) in [6.45, 7) is 4.97. The molecule has 1 heterocycles. The van der Waals surface area contributed by atoms with Gasteiger partial charge in [-0.2, -0.15) is 0 Å². The number of phenolic OH excluding ortho intramolecular Hbond substituents is 1. The minimum Gasteiger partial charge on any atom is -0.508 e. The Morgan fingerprint density at radius 1 is 1.25 bits per heavy atom. The highest BCUT2D eigenvalue weighted by Gasteiger charge is 2.35. The van der Waals surface area contributed by atoms with E-state index in [1.807, 2.05) is 18.7 Å². The highest BCUT2D eigenvalue weighted by Crippen LogP contribution is 2.38. The molecule has 136 valence electrons.